The third-order valence-electron chi connectivity index (χ3n) is 5.52. The van der Waals surface area contributed by atoms with Crippen LogP contribution in [0.25, 0.3) is 11.7 Å². The zero-order valence-corrected chi connectivity index (χ0v) is 17.1. The normalized spacial score (nSPS) is 14.8. The number of rotatable bonds is 5. The minimum atomic E-state index is 0.305. The fraction of sp³-hybridized carbons (Fsp3) is 0.391. The zero-order chi connectivity index (χ0) is 20.4. The Kier molecular flexibility index (Phi) is 5.30. The molecule has 2 aromatic heterocycles. The predicted molar refractivity (Wildman–Crippen MR) is 110 cm³/mol. The van der Waals surface area contributed by atoms with Crippen molar-refractivity contribution in [1.82, 2.24) is 4.98 Å². The molecule has 0 N–H and O–H groups in total. The average Bonchev–Trinajstić information content (AvgIpc) is 3.36. The Balaban J connectivity index is 1.47. The van der Waals surface area contributed by atoms with Crippen molar-refractivity contribution >= 4 is 5.88 Å². The van der Waals surface area contributed by atoms with Gasteiger partial charge in [0.2, 0.25) is 11.6 Å². The van der Waals surface area contributed by atoms with Crippen molar-refractivity contribution in [2.75, 3.05) is 18.0 Å². The van der Waals surface area contributed by atoms with Crippen LogP contribution in [0.2, 0.25) is 0 Å². The van der Waals surface area contributed by atoms with Crippen molar-refractivity contribution in [2.45, 2.75) is 40.2 Å². The monoisotopic (exact) mass is 391 g/mol. The van der Waals surface area contributed by atoms with E-state index in [-0.39, 0.29) is 0 Å². The quantitative estimate of drug-likeness (QED) is 0.592. The molecule has 0 spiro atoms. The molecule has 6 heteroatoms. The molecular weight excluding hydrogens is 366 g/mol. The smallest absolute Gasteiger partial charge is 0.266 e. The zero-order valence-electron chi connectivity index (χ0n) is 17.1. The number of oxazole rings is 1. The summed E-state index contributed by atoms with van der Waals surface area (Å²) in [6.45, 7) is 8.44. The number of aromatic nitrogens is 1. The first-order valence-electron chi connectivity index (χ1n) is 9.98. The maximum Gasteiger partial charge on any atom is 0.266 e. The molecule has 1 saturated heterocycles. The molecule has 4 rings (SSSR count). The third kappa shape index (κ3) is 4.14. The van der Waals surface area contributed by atoms with E-state index in [0.29, 0.717) is 41.5 Å². The number of nitriles is 1. The first-order chi connectivity index (χ1) is 14.0. The van der Waals surface area contributed by atoms with Crippen LogP contribution in [0, 0.1) is 31.1 Å². The molecule has 0 amide bonds. The van der Waals surface area contributed by atoms with Crippen molar-refractivity contribution in [1.29, 1.82) is 5.26 Å². The summed E-state index contributed by atoms with van der Waals surface area (Å²) in [7, 11) is 0. The molecule has 29 heavy (non-hydrogen) atoms. The van der Waals surface area contributed by atoms with Gasteiger partial charge in [0.05, 0.1) is 0 Å². The third-order valence-corrected chi connectivity index (χ3v) is 5.52. The van der Waals surface area contributed by atoms with Crippen molar-refractivity contribution in [3.05, 3.63) is 52.9 Å². The Labute approximate surface area is 170 Å². The van der Waals surface area contributed by atoms with Gasteiger partial charge in [-0.2, -0.15) is 10.2 Å². The van der Waals surface area contributed by atoms with Gasteiger partial charge in [0.15, 0.2) is 5.76 Å². The number of furan rings is 1. The lowest BCUT2D eigenvalue weighted by Crippen LogP contribution is -2.32. The lowest BCUT2D eigenvalue weighted by molar-refractivity contribution is 0.271. The lowest BCUT2D eigenvalue weighted by Gasteiger charge is -2.29. The van der Waals surface area contributed by atoms with E-state index in [2.05, 4.69) is 36.7 Å². The number of nitrogens with zero attached hydrogens (tertiary/aromatic N) is 3. The Hall–Kier alpha value is -3.20. The van der Waals surface area contributed by atoms with E-state index in [0.717, 1.165) is 31.7 Å². The predicted octanol–water partition coefficient (Wildman–Crippen LogP) is 5.24. The number of piperidine rings is 1. The van der Waals surface area contributed by atoms with Crippen LogP contribution < -0.4 is 9.64 Å². The Bertz CT molecular complexity index is 1040. The molecule has 0 atom stereocenters. The molecule has 3 heterocycles. The summed E-state index contributed by atoms with van der Waals surface area (Å²) in [5.41, 5.74) is 2.72. The van der Waals surface area contributed by atoms with Crippen LogP contribution in [0.15, 0.2) is 39.2 Å². The van der Waals surface area contributed by atoms with E-state index in [4.69, 9.17) is 13.6 Å². The largest absolute Gasteiger partial charge is 0.486 e. The molecule has 150 valence electrons. The van der Waals surface area contributed by atoms with Gasteiger partial charge in [0, 0.05) is 13.1 Å². The molecule has 0 aliphatic carbocycles. The van der Waals surface area contributed by atoms with E-state index < -0.39 is 0 Å². The minimum Gasteiger partial charge on any atom is -0.486 e. The number of benzene rings is 1. The topological polar surface area (TPSA) is 75.4 Å². The van der Waals surface area contributed by atoms with E-state index in [1.165, 1.54) is 11.1 Å². The number of anilines is 1. The van der Waals surface area contributed by atoms with Crippen LogP contribution >= 0.6 is 0 Å². The highest BCUT2D eigenvalue weighted by Crippen LogP contribution is 2.32. The van der Waals surface area contributed by atoms with Gasteiger partial charge in [-0.25, -0.2) is 0 Å². The molecule has 0 radical (unpaired) electrons. The van der Waals surface area contributed by atoms with Crippen LogP contribution in [0.4, 0.5) is 5.88 Å². The summed E-state index contributed by atoms with van der Waals surface area (Å²) in [6.07, 6.45) is 2.17. The first-order valence-corrected chi connectivity index (χ1v) is 9.98. The van der Waals surface area contributed by atoms with Crippen molar-refractivity contribution in [3.8, 4) is 23.5 Å². The van der Waals surface area contributed by atoms with E-state index in [1.54, 1.807) is 6.07 Å². The maximum absolute atomic E-state index is 9.47. The van der Waals surface area contributed by atoms with Crippen molar-refractivity contribution in [3.63, 3.8) is 0 Å². The summed E-state index contributed by atoms with van der Waals surface area (Å²) in [5, 5.41) is 9.47. The Morgan fingerprint density at radius 1 is 1.14 bits per heavy atom. The van der Waals surface area contributed by atoms with Crippen LogP contribution in [0.1, 0.15) is 42.3 Å². The van der Waals surface area contributed by atoms with Gasteiger partial charge in [-0.1, -0.05) is 13.0 Å². The van der Waals surface area contributed by atoms with Crippen molar-refractivity contribution < 1.29 is 13.6 Å². The maximum atomic E-state index is 9.47. The second-order valence-corrected chi connectivity index (χ2v) is 7.75. The number of hydrogen-bond acceptors (Lipinski definition) is 6. The number of ether oxygens (including phenoxy) is 1. The van der Waals surface area contributed by atoms with Crippen LogP contribution in [-0.2, 0) is 6.61 Å². The number of aryl methyl sites for hydroxylation is 2. The fourth-order valence-electron chi connectivity index (χ4n) is 3.44. The summed E-state index contributed by atoms with van der Waals surface area (Å²) >= 11 is 0. The Morgan fingerprint density at radius 3 is 2.66 bits per heavy atom. The van der Waals surface area contributed by atoms with Gasteiger partial charge in [0.1, 0.15) is 24.2 Å². The summed E-state index contributed by atoms with van der Waals surface area (Å²) in [5.74, 6) is 3.53. The minimum absolute atomic E-state index is 0.305. The summed E-state index contributed by atoms with van der Waals surface area (Å²) in [4.78, 5) is 6.44. The highest BCUT2D eigenvalue weighted by molar-refractivity contribution is 5.56. The summed E-state index contributed by atoms with van der Waals surface area (Å²) in [6, 6.07) is 11.8. The van der Waals surface area contributed by atoms with Gasteiger partial charge >= 0.3 is 0 Å². The lowest BCUT2D eigenvalue weighted by atomic mass is 9.99. The Morgan fingerprint density at radius 2 is 1.93 bits per heavy atom. The van der Waals surface area contributed by atoms with Crippen LogP contribution in [0.5, 0.6) is 5.75 Å². The molecule has 6 nitrogen and oxygen atoms in total. The molecule has 1 aliphatic heterocycles. The first kappa shape index (κ1) is 19.1. The molecule has 1 fully saturated rings. The molecule has 1 aliphatic rings. The van der Waals surface area contributed by atoms with Gasteiger partial charge in [-0.05, 0) is 68.0 Å². The molecule has 0 bridgehead atoms. The molecule has 3 aromatic rings. The fourth-order valence-corrected chi connectivity index (χ4v) is 3.44. The molecular formula is C23H25N3O3. The standard InChI is InChI=1S/C23H25N3O3/c1-15-8-10-26(11-9-15)23-20(13-24)25-22(29-23)21-7-6-19(28-21)14-27-18-5-4-16(2)17(3)12-18/h4-7,12,15H,8-11,14H2,1-3H3. The van der Waals surface area contributed by atoms with E-state index >= 15 is 0 Å². The van der Waals surface area contributed by atoms with Gasteiger partial charge in [-0.3, -0.25) is 0 Å². The van der Waals surface area contributed by atoms with Crippen LogP contribution in [0.3, 0.4) is 0 Å². The van der Waals surface area contributed by atoms with E-state index in [9.17, 15) is 5.26 Å². The highest BCUT2D eigenvalue weighted by Gasteiger charge is 2.25. The van der Waals surface area contributed by atoms with Gasteiger partial charge < -0.3 is 18.5 Å². The van der Waals surface area contributed by atoms with Gasteiger partial charge in [-0.15, -0.1) is 0 Å². The summed E-state index contributed by atoms with van der Waals surface area (Å²) < 4.78 is 17.6. The molecule has 0 saturated carbocycles. The van der Waals surface area contributed by atoms with Crippen molar-refractivity contribution in [2.24, 2.45) is 5.92 Å². The SMILES string of the molecule is Cc1ccc(OCc2ccc(-c3nc(C#N)c(N4CCC(C)CC4)o3)o2)cc1C. The number of hydrogen-bond donors (Lipinski definition) is 0. The second-order valence-electron chi connectivity index (χ2n) is 7.75. The second kappa shape index (κ2) is 8.04. The molecule has 1 aromatic carbocycles. The van der Waals surface area contributed by atoms with Gasteiger partial charge in [0.25, 0.3) is 5.89 Å². The van der Waals surface area contributed by atoms with Crippen LogP contribution in [-0.4, -0.2) is 18.1 Å². The highest BCUT2D eigenvalue weighted by atomic mass is 16.5. The average molecular weight is 391 g/mol. The van der Waals surface area contributed by atoms with E-state index in [1.807, 2.05) is 24.3 Å². The molecule has 0 unspecified atom stereocenters.